The van der Waals surface area contributed by atoms with Gasteiger partial charge in [-0.1, -0.05) is 32.9 Å². The van der Waals surface area contributed by atoms with E-state index < -0.39 is 17.8 Å². The fraction of sp³-hybridized carbons (Fsp3) is 0.800. The topological polar surface area (TPSA) is 80.9 Å². The first kappa shape index (κ1) is 19.6. The van der Waals surface area contributed by atoms with Crippen LogP contribution in [0.3, 0.4) is 0 Å². The molecule has 7 unspecified atom stereocenters. The van der Waals surface area contributed by atoms with E-state index in [0.717, 1.165) is 24.8 Å². The molecule has 2 fully saturated rings. The summed E-state index contributed by atoms with van der Waals surface area (Å²) in [6.07, 6.45) is 3.64. The van der Waals surface area contributed by atoms with E-state index >= 15 is 0 Å². The highest BCUT2D eigenvalue weighted by atomic mass is 16.3. The SMILES string of the molecule is C=CC(C)(O)C(O)CC1C(=C)C(O)CC2C(C)(CO)CCCC12C. The molecule has 4 nitrogen and oxygen atoms in total. The summed E-state index contributed by atoms with van der Waals surface area (Å²) in [5.41, 5.74) is -0.998. The molecule has 2 rings (SSSR count). The predicted octanol–water partition coefficient (Wildman–Crippen LogP) is 2.42. The van der Waals surface area contributed by atoms with E-state index in [-0.39, 0.29) is 29.3 Å². The van der Waals surface area contributed by atoms with Crippen molar-refractivity contribution in [2.75, 3.05) is 6.61 Å². The fourth-order valence-corrected chi connectivity index (χ4v) is 5.23. The van der Waals surface area contributed by atoms with Gasteiger partial charge in [-0.3, -0.25) is 0 Å². The first-order valence-corrected chi connectivity index (χ1v) is 9.03. The first-order valence-electron chi connectivity index (χ1n) is 9.03. The van der Waals surface area contributed by atoms with Gasteiger partial charge >= 0.3 is 0 Å². The Morgan fingerprint density at radius 3 is 2.54 bits per heavy atom. The van der Waals surface area contributed by atoms with E-state index in [4.69, 9.17) is 0 Å². The highest BCUT2D eigenvalue weighted by Crippen LogP contribution is 2.61. The van der Waals surface area contributed by atoms with Crippen LogP contribution >= 0.6 is 0 Å². The zero-order valence-corrected chi connectivity index (χ0v) is 15.3. The summed E-state index contributed by atoms with van der Waals surface area (Å²) in [5.74, 6) is 0.0639. The summed E-state index contributed by atoms with van der Waals surface area (Å²) in [6, 6.07) is 0. The molecular weight excluding hydrogens is 304 g/mol. The van der Waals surface area contributed by atoms with Crippen LogP contribution < -0.4 is 0 Å². The highest BCUT2D eigenvalue weighted by molar-refractivity contribution is 5.21. The lowest BCUT2D eigenvalue weighted by molar-refractivity contribution is -0.123. The predicted molar refractivity (Wildman–Crippen MR) is 95.3 cm³/mol. The van der Waals surface area contributed by atoms with Gasteiger partial charge in [0.25, 0.3) is 0 Å². The molecule has 2 saturated carbocycles. The van der Waals surface area contributed by atoms with Gasteiger partial charge in [-0.05, 0) is 60.8 Å². The molecule has 0 aromatic carbocycles. The molecule has 0 saturated heterocycles. The van der Waals surface area contributed by atoms with Gasteiger partial charge in [0.05, 0.1) is 12.2 Å². The van der Waals surface area contributed by atoms with Crippen molar-refractivity contribution >= 4 is 0 Å². The number of hydrogen-bond acceptors (Lipinski definition) is 4. The maximum Gasteiger partial charge on any atom is 0.105 e. The van der Waals surface area contributed by atoms with Crippen molar-refractivity contribution in [1.29, 1.82) is 0 Å². The molecule has 4 N–H and O–H groups in total. The average molecular weight is 338 g/mol. The molecule has 24 heavy (non-hydrogen) atoms. The molecule has 0 aromatic rings. The Bertz CT molecular complexity index is 500. The van der Waals surface area contributed by atoms with Crippen LogP contribution in [0.1, 0.15) is 52.9 Å². The van der Waals surface area contributed by atoms with Crippen molar-refractivity contribution in [2.24, 2.45) is 22.7 Å². The number of rotatable bonds is 5. The molecule has 2 aliphatic carbocycles. The Morgan fingerprint density at radius 2 is 2.00 bits per heavy atom. The van der Waals surface area contributed by atoms with Crippen LogP contribution in [0.25, 0.3) is 0 Å². The van der Waals surface area contributed by atoms with Gasteiger partial charge in [-0.15, -0.1) is 6.58 Å². The fourth-order valence-electron chi connectivity index (χ4n) is 5.23. The third-order valence-electron chi connectivity index (χ3n) is 7.14. The van der Waals surface area contributed by atoms with Gasteiger partial charge < -0.3 is 20.4 Å². The first-order chi connectivity index (χ1) is 11.0. The molecule has 0 amide bonds. The van der Waals surface area contributed by atoms with Gasteiger partial charge in [0, 0.05) is 6.61 Å². The van der Waals surface area contributed by atoms with Crippen LogP contribution in [0.2, 0.25) is 0 Å². The van der Waals surface area contributed by atoms with Gasteiger partial charge in [0.2, 0.25) is 0 Å². The molecule has 2 aliphatic rings. The Balaban J connectivity index is 2.37. The largest absolute Gasteiger partial charge is 0.396 e. The second-order valence-corrected chi connectivity index (χ2v) is 8.78. The van der Waals surface area contributed by atoms with Crippen molar-refractivity contribution in [3.63, 3.8) is 0 Å². The highest BCUT2D eigenvalue weighted by Gasteiger charge is 2.56. The van der Waals surface area contributed by atoms with Crippen molar-refractivity contribution in [2.45, 2.75) is 70.7 Å². The van der Waals surface area contributed by atoms with E-state index in [9.17, 15) is 20.4 Å². The lowest BCUT2D eigenvalue weighted by Gasteiger charge is -2.59. The molecule has 138 valence electrons. The summed E-state index contributed by atoms with van der Waals surface area (Å²) >= 11 is 0. The number of aliphatic hydroxyl groups is 4. The Hall–Kier alpha value is -0.680. The average Bonchev–Trinajstić information content (AvgIpc) is 2.53. The van der Waals surface area contributed by atoms with Crippen LogP contribution in [0, 0.1) is 22.7 Å². The van der Waals surface area contributed by atoms with Crippen molar-refractivity contribution in [3.05, 3.63) is 24.8 Å². The lowest BCUT2D eigenvalue weighted by Crippen LogP contribution is -2.56. The summed E-state index contributed by atoms with van der Waals surface area (Å²) in [5, 5.41) is 41.4. The van der Waals surface area contributed by atoms with Crippen LogP contribution in [0.4, 0.5) is 0 Å². The summed E-state index contributed by atoms with van der Waals surface area (Å²) in [7, 11) is 0. The smallest absolute Gasteiger partial charge is 0.105 e. The van der Waals surface area contributed by atoms with E-state index in [1.54, 1.807) is 6.92 Å². The Morgan fingerprint density at radius 1 is 1.38 bits per heavy atom. The minimum atomic E-state index is -1.37. The van der Waals surface area contributed by atoms with Crippen molar-refractivity contribution in [3.8, 4) is 0 Å². The maximum atomic E-state index is 10.6. The van der Waals surface area contributed by atoms with Gasteiger partial charge in [0.15, 0.2) is 0 Å². The van der Waals surface area contributed by atoms with Crippen molar-refractivity contribution < 1.29 is 20.4 Å². The standard InChI is InChI=1S/C20H34O4/c1-6-20(5,24)17(23)10-14-13(2)15(22)11-16-18(3,12-21)8-7-9-19(14,16)4/h6,14-17,21-24H,1-2,7-12H2,3-5H3. The van der Waals surface area contributed by atoms with E-state index in [1.165, 1.54) is 6.08 Å². The quantitative estimate of drug-likeness (QED) is 0.580. The molecule has 4 heteroatoms. The molecule has 0 radical (unpaired) electrons. The summed E-state index contributed by atoms with van der Waals surface area (Å²) in [6.45, 7) is 13.7. The van der Waals surface area contributed by atoms with Crippen LogP contribution in [0.5, 0.6) is 0 Å². The third kappa shape index (κ3) is 3.10. The molecule has 0 aliphatic heterocycles. The number of fused-ring (bicyclic) bond motifs is 1. The molecule has 7 atom stereocenters. The van der Waals surface area contributed by atoms with Crippen LogP contribution in [0.15, 0.2) is 24.8 Å². The van der Waals surface area contributed by atoms with Gasteiger partial charge in [-0.2, -0.15) is 0 Å². The molecule has 0 heterocycles. The maximum absolute atomic E-state index is 10.6. The normalized spacial score (nSPS) is 43.6. The molecule has 0 spiro atoms. The second-order valence-electron chi connectivity index (χ2n) is 8.78. The molecule has 0 aromatic heterocycles. The minimum Gasteiger partial charge on any atom is -0.396 e. The van der Waals surface area contributed by atoms with E-state index in [1.807, 2.05) is 0 Å². The summed E-state index contributed by atoms with van der Waals surface area (Å²) < 4.78 is 0. The monoisotopic (exact) mass is 338 g/mol. The number of hydrogen-bond donors (Lipinski definition) is 4. The Kier molecular flexibility index (Phi) is 5.37. The van der Waals surface area contributed by atoms with Crippen molar-refractivity contribution in [1.82, 2.24) is 0 Å². The summed E-state index contributed by atoms with van der Waals surface area (Å²) in [4.78, 5) is 0. The van der Waals surface area contributed by atoms with Gasteiger partial charge in [0.1, 0.15) is 5.60 Å². The zero-order valence-electron chi connectivity index (χ0n) is 15.3. The van der Waals surface area contributed by atoms with Gasteiger partial charge in [-0.25, -0.2) is 0 Å². The second kappa shape index (κ2) is 6.56. The minimum absolute atomic E-state index is 0.0983. The lowest BCUT2D eigenvalue weighted by atomic mass is 9.46. The zero-order chi connectivity index (χ0) is 18.3. The molecular formula is C20H34O4. The van der Waals surface area contributed by atoms with Crippen LogP contribution in [-0.4, -0.2) is 44.8 Å². The third-order valence-corrected chi connectivity index (χ3v) is 7.14. The Labute approximate surface area is 145 Å². The van der Waals surface area contributed by atoms with E-state index in [0.29, 0.717) is 12.8 Å². The number of aliphatic hydroxyl groups excluding tert-OH is 3. The molecule has 0 bridgehead atoms. The van der Waals surface area contributed by atoms with E-state index in [2.05, 4.69) is 27.0 Å². The van der Waals surface area contributed by atoms with Crippen LogP contribution in [-0.2, 0) is 0 Å².